The van der Waals surface area contributed by atoms with E-state index < -0.39 is 0 Å². The summed E-state index contributed by atoms with van der Waals surface area (Å²) in [5, 5.41) is 0.578. The van der Waals surface area contributed by atoms with Crippen LogP contribution in [0.25, 0.3) is 0 Å². The van der Waals surface area contributed by atoms with Crippen molar-refractivity contribution in [1.29, 1.82) is 0 Å². The summed E-state index contributed by atoms with van der Waals surface area (Å²) in [6.07, 6.45) is 5.01. The minimum atomic E-state index is 0.244. The quantitative estimate of drug-likeness (QED) is 0.702. The molecule has 2 rings (SSSR count). The maximum atomic E-state index is 11.7. The van der Waals surface area contributed by atoms with Crippen LogP contribution in [-0.4, -0.2) is 9.70 Å². The number of hydrogen-bond acceptors (Lipinski definition) is 3. The van der Waals surface area contributed by atoms with Crippen LogP contribution in [0.2, 0.25) is 0 Å². The monoisotopic (exact) mass is 238 g/mol. The van der Waals surface area contributed by atoms with Crippen molar-refractivity contribution in [1.82, 2.24) is 0 Å². The van der Waals surface area contributed by atoms with E-state index in [4.69, 9.17) is 0 Å². The van der Waals surface area contributed by atoms with Crippen molar-refractivity contribution in [2.45, 2.75) is 35.8 Å². The molecule has 1 saturated carbocycles. The van der Waals surface area contributed by atoms with Crippen LogP contribution >= 0.6 is 23.5 Å². The number of thioether (sulfide) groups is 2. The molecular weight excluding hydrogens is 224 g/mol. The lowest BCUT2D eigenvalue weighted by Crippen LogP contribution is -1.96. The smallest absolute Gasteiger partial charge is 0.251 e. The molecule has 0 amide bonds. The van der Waals surface area contributed by atoms with Gasteiger partial charge in [0.25, 0.3) is 4.45 Å². The average molecular weight is 238 g/mol. The van der Waals surface area contributed by atoms with Crippen molar-refractivity contribution in [2.24, 2.45) is 0 Å². The number of hydrogen-bond donors (Lipinski definition) is 0. The van der Waals surface area contributed by atoms with E-state index in [2.05, 4.69) is 0 Å². The Morgan fingerprint density at radius 2 is 1.80 bits per heavy atom. The van der Waals surface area contributed by atoms with E-state index in [0.29, 0.717) is 5.25 Å². The van der Waals surface area contributed by atoms with Gasteiger partial charge in [0.05, 0.1) is 0 Å². The van der Waals surface area contributed by atoms with Crippen molar-refractivity contribution < 1.29 is 4.79 Å². The third-order valence-corrected chi connectivity index (χ3v) is 4.72. The van der Waals surface area contributed by atoms with E-state index >= 15 is 0 Å². The highest BCUT2D eigenvalue weighted by molar-refractivity contribution is 8.38. The number of rotatable bonds is 2. The summed E-state index contributed by atoms with van der Waals surface area (Å²) in [5.41, 5.74) is 0. The summed E-state index contributed by atoms with van der Waals surface area (Å²) in [4.78, 5) is 12.7. The number of carbonyl (C=O) groups excluding carboxylic acids is 1. The summed E-state index contributed by atoms with van der Waals surface area (Å²) in [5.74, 6) is 0. The second-order valence-corrected chi connectivity index (χ2v) is 6.27. The van der Waals surface area contributed by atoms with Crippen LogP contribution < -0.4 is 0 Å². The van der Waals surface area contributed by atoms with Gasteiger partial charge in [0.15, 0.2) is 0 Å². The molecule has 1 aliphatic rings. The first kappa shape index (κ1) is 11.1. The molecule has 0 N–H and O–H groups in total. The average Bonchev–Trinajstić information content (AvgIpc) is 2.71. The fourth-order valence-corrected chi connectivity index (χ4v) is 3.97. The summed E-state index contributed by atoms with van der Waals surface area (Å²) in [6.45, 7) is 0. The maximum Gasteiger partial charge on any atom is 0.251 e. The lowest BCUT2D eigenvalue weighted by atomic mass is 10.4. The van der Waals surface area contributed by atoms with E-state index in [1.807, 2.05) is 30.3 Å². The van der Waals surface area contributed by atoms with Crippen LogP contribution in [0.15, 0.2) is 35.2 Å². The molecular formula is C12H14OS2. The normalized spacial score (nSPS) is 16.8. The van der Waals surface area contributed by atoms with Crippen molar-refractivity contribution in [3.63, 3.8) is 0 Å². The largest absolute Gasteiger partial charge is 0.274 e. The Balaban J connectivity index is 1.82. The van der Waals surface area contributed by atoms with Gasteiger partial charge in [-0.3, -0.25) is 4.79 Å². The molecule has 0 aliphatic heterocycles. The Bertz CT molecular complexity index is 318. The zero-order chi connectivity index (χ0) is 10.5. The molecule has 0 heterocycles. The van der Waals surface area contributed by atoms with Gasteiger partial charge in [-0.05, 0) is 36.7 Å². The zero-order valence-corrected chi connectivity index (χ0v) is 10.2. The second-order valence-electron chi connectivity index (χ2n) is 3.69. The molecule has 3 heteroatoms. The predicted octanol–water partition coefficient (Wildman–Crippen LogP) is 4.57. The molecule has 0 aromatic heterocycles. The highest BCUT2D eigenvalue weighted by Crippen LogP contribution is 2.35. The van der Waals surface area contributed by atoms with Crippen LogP contribution in [0.1, 0.15) is 25.7 Å². The lowest BCUT2D eigenvalue weighted by molar-refractivity contribution is 0.276. The summed E-state index contributed by atoms with van der Waals surface area (Å²) in [6, 6.07) is 9.87. The maximum absolute atomic E-state index is 11.7. The van der Waals surface area contributed by atoms with Gasteiger partial charge in [-0.15, -0.1) is 0 Å². The van der Waals surface area contributed by atoms with E-state index in [1.165, 1.54) is 49.2 Å². The molecule has 0 radical (unpaired) electrons. The molecule has 80 valence electrons. The molecule has 1 fully saturated rings. The first-order valence-corrected chi connectivity index (χ1v) is 6.98. The van der Waals surface area contributed by atoms with Crippen molar-refractivity contribution >= 4 is 28.0 Å². The van der Waals surface area contributed by atoms with Crippen LogP contribution in [0, 0.1) is 0 Å². The second kappa shape index (κ2) is 5.61. The highest BCUT2D eigenvalue weighted by atomic mass is 32.2. The minimum absolute atomic E-state index is 0.244. The predicted molar refractivity (Wildman–Crippen MR) is 67.5 cm³/mol. The van der Waals surface area contributed by atoms with Crippen molar-refractivity contribution in [3.05, 3.63) is 30.3 Å². The molecule has 1 aliphatic carbocycles. The van der Waals surface area contributed by atoms with Gasteiger partial charge in [-0.2, -0.15) is 0 Å². The molecule has 0 atom stereocenters. The molecule has 15 heavy (non-hydrogen) atoms. The van der Waals surface area contributed by atoms with Crippen molar-refractivity contribution in [3.8, 4) is 0 Å². The molecule has 0 bridgehead atoms. The third-order valence-electron chi connectivity index (χ3n) is 2.51. The van der Waals surface area contributed by atoms with Crippen molar-refractivity contribution in [2.75, 3.05) is 0 Å². The summed E-state index contributed by atoms with van der Waals surface area (Å²) >= 11 is 2.88. The van der Waals surface area contributed by atoms with Crippen LogP contribution in [0.3, 0.4) is 0 Å². The van der Waals surface area contributed by atoms with Crippen LogP contribution in [-0.2, 0) is 0 Å². The minimum Gasteiger partial charge on any atom is -0.274 e. The van der Waals surface area contributed by atoms with Gasteiger partial charge >= 0.3 is 0 Å². The highest BCUT2D eigenvalue weighted by Gasteiger charge is 2.19. The molecule has 0 spiro atoms. The van der Waals surface area contributed by atoms with Gasteiger partial charge in [0, 0.05) is 10.1 Å². The van der Waals surface area contributed by atoms with E-state index in [9.17, 15) is 4.79 Å². The Kier molecular flexibility index (Phi) is 4.15. The van der Waals surface area contributed by atoms with Gasteiger partial charge in [-0.25, -0.2) is 0 Å². The first-order valence-electron chi connectivity index (χ1n) is 5.28. The molecule has 1 aromatic rings. The van der Waals surface area contributed by atoms with E-state index in [0.717, 1.165) is 4.90 Å². The van der Waals surface area contributed by atoms with Gasteiger partial charge in [0.1, 0.15) is 0 Å². The van der Waals surface area contributed by atoms with E-state index in [-0.39, 0.29) is 4.45 Å². The Labute approximate surface area is 99.0 Å². The summed E-state index contributed by atoms with van der Waals surface area (Å²) in [7, 11) is 0. The van der Waals surface area contributed by atoms with Gasteiger partial charge < -0.3 is 0 Å². The zero-order valence-electron chi connectivity index (χ0n) is 8.52. The Morgan fingerprint density at radius 3 is 2.47 bits per heavy atom. The molecule has 1 aromatic carbocycles. The van der Waals surface area contributed by atoms with E-state index in [1.54, 1.807) is 0 Å². The van der Waals surface area contributed by atoms with Crippen LogP contribution in [0.4, 0.5) is 4.79 Å². The standard InChI is InChI=1S/C12H14OS2/c13-12(15-11-8-4-5-9-11)14-10-6-2-1-3-7-10/h1-3,6-7,11H,4-5,8-9H2. The van der Waals surface area contributed by atoms with Crippen LogP contribution in [0.5, 0.6) is 0 Å². The number of carbonyl (C=O) groups is 1. The fraction of sp³-hybridized carbons (Fsp3) is 0.417. The molecule has 0 saturated heterocycles. The van der Waals surface area contributed by atoms with Gasteiger partial charge in [-0.1, -0.05) is 42.8 Å². The molecule has 1 nitrogen and oxygen atoms in total. The summed E-state index contributed by atoms with van der Waals surface area (Å²) < 4.78 is 0.244. The molecule has 0 unspecified atom stereocenters. The third kappa shape index (κ3) is 3.58. The lowest BCUT2D eigenvalue weighted by Gasteiger charge is -2.06. The fourth-order valence-electron chi connectivity index (χ4n) is 1.75. The SMILES string of the molecule is O=C(Sc1ccccc1)SC1CCCC1. The van der Waals surface area contributed by atoms with Gasteiger partial charge in [0.2, 0.25) is 0 Å². The Hall–Kier alpha value is -0.410. The Morgan fingerprint density at radius 1 is 1.13 bits per heavy atom. The first-order chi connectivity index (χ1) is 7.34. The topological polar surface area (TPSA) is 17.1 Å². The number of benzene rings is 1.